The fourth-order valence-corrected chi connectivity index (χ4v) is 2.93. The molecule has 25 heavy (non-hydrogen) atoms. The Kier molecular flexibility index (Phi) is 7.50. The Hall–Kier alpha value is -1.34. The molecule has 0 aliphatic heterocycles. The molecular formula is C17H15BrCl2N2O2S. The molecule has 0 saturated heterocycles. The van der Waals surface area contributed by atoms with Crippen molar-refractivity contribution < 1.29 is 9.53 Å². The molecule has 0 spiro atoms. The maximum atomic E-state index is 12.3. The van der Waals surface area contributed by atoms with E-state index in [1.165, 1.54) is 0 Å². The molecule has 0 aliphatic rings. The normalized spacial score (nSPS) is 10.2. The quantitative estimate of drug-likeness (QED) is 0.563. The van der Waals surface area contributed by atoms with Gasteiger partial charge in [-0.25, -0.2) is 0 Å². The van der Waals surface area contributed by atoms with E-state index in [2.05, 4.69) is 26.6 Å². The van der Waals surface area contributed by atoms with Crippen molar-refractivity contribution in [2.45, 2.75) is 13.3 Å². The van der Waals surface area contributed by atoms with E-state index in [1.807, 2.05) is 6.92 Å². The third kappa shape index (κ3) is 5.85. The highest BCUT2D eigenvalue weighted by molar-refractivity contribution is 9.10. The predicted molar refractivity (Wildman–Crippen MR) is 110 cm³/mol. The Bertz CT molecular complexity index is 802. The lowest BCUT2D eigenvalue weighted by molar-refractivity contribution is 0.0977. The van der Waals surface area contributed by atoms with Gasteiger partial charge in [0.05, 0.1) is 21.8 Å². The van der Waals surface area contributed by atoms with Gasteiger partial charge in [-0.05, 0) is 71.0 Å². The fraction of sp³-hybridized carbons (Fsp3) is 0.176. The zero-order valence-corrected chi connectivity index (χ0v) is 17.2. The van der Waals surface area contributed by atoms with E-state index >= 15 is 0 Å². The molecule has 0 aromatic heterocycles. The van der Waals surface area contributed by atoms with E-state index in [9.17, 15) is 4.79 Å². The van der Waals surface area contributed by atoms with Gasteiger partial charge < -0.3 is 10.1 Å². The van der Waals surface area contributed by atoms with Gasteiger partial charge in [0, 0.05) is 10.6 Å². The first kappa shape index (κ1) is 20.0. The van der Waals surface area contributed by atoms with Crippen LogP contribution < -0.4 is 15.4 Å². The van der Waals surface area contributed by atoms with E-state index in [0.29, 0.717) is 38.1 Å². The lowest BCUT2D eigenvalue weighted by atomic mass is 10.2. The molecule has 2 rings (SSSR count). The Morgan fingerprint density at radius 2 is 2.00 bits per heavy atom. The summed E-state index contributed by atoms with van der Waals surface area (Å²) >= 11 is 20.5. The lowest BCUT2D eigenvalue weighted by Crippen LogP contribution is -2.34. The number of ether oxygens (including phenoxy) is 1. The molecule has 4 nitrogen and oxygen atoms in total. The van der Waals surface area contributed by atoms with Gasteiger partial charge in [-0.3, -0.25) is 10.1 Å². The summed E-state index contributed by atoms with van der Waals surface area (Å²) in [7, 11) is 0. The maximum Gasteiger partial charge on any atom is 0.257 e. The van der Waals surface area contributed by atoms with Crippen LogP contribution in [0.3, 0.4) is 0 Å². The molecule has 2 aromatic carbocycles. The van der Waals surface area contributed by atoms with Crippen LogP contribution in [0.4, 0.5) is 5.69 Å². The second kappa shape index (κ2) is 9.38. The van der Waals surface area contributed by atoms with Crippen LogP contribution in [-0.4, -0.2) is 17.6 Å². The standard InChI is InChI=1S/C17H15BrCl2N2O2S/c1-2-7-24-15-6-3-10(8-12(15)18)16(23)22-17(25)21-14-9-11(19)4-5-13(14)20/h3-6,8-9H,2,7H2,1H3,(H2,21,22,23,25). The molecule has 0 aliphatic carbocycles. The van der Waals surface area contributed by atoms with Crippen molar-refractivity contribution in [2.75, 3.05) is 11.9 Å². The number of nitrogens with one attached hydrogen (secondary N) is 2. The molecular weight excluding hydrogens is 447 g/mol. The second-order valence-electron chi connectivity index (χ2n) is 5.03. The average molecular weight is 462 g/mol. The summed E-state index contributed by atoms with van der Waals surface area (Å²) in [4.78, 5) is 12.3. The van der Waals surface area contributed by atoms with Crippen molar-refractivity contribution in [3.8, 4) is 5.75 Å². The van der Waals surface area contributed by atoms with Crippen LogP contribution in [0.25, 0.3) is 0 Å². The highest BCUT2D eigenvalue weighted by atomic mass is 79.9. The molecule has 0 radical (unpaired) electrons. The van der Waals surface area contributed by atoms with Gasteiger partial charge in [-0.15, -0.1) is 0 Å². The van der Waals surface area contributed by atoms with Crippen LogP contribution in [-0.2, 0) is 0 Å². The number of hydrogen-bond acceptors (Lipinski definition) is 3. The zero-order valence-electron chi connectivity index (χ0n) is 13.2. The molecule has 0 atom stereocenters. The summed E-state index contributed by atoms with van der Waals surface area (Å²) in [6, 6.07) is 10.0. The summed E-state index contributed by atoms with van der Waals surface area (Å²) in [5, 5.41) is 6.53. The first-order chi connectivity index (χ1) is 11.9. The maximum absolute atomic E-state index is 12.3. The monoisotopic (exact) mass is 460 g/mol. The van der Waals surface area contributed by atoms with Gasteiger partial charge in [0.2, 0.25) is 0 Å². The van der Waals surface area contributed by atoms with Crippen LogP contribution in [0.5, 0.6) is 5.75 Å². The van der Waals surface area contributed by atoms with Gasteiger partial charge in [-0.1, -0.05) is 30.1 Å². The lowest BCUT2D eigenvalue weighted by Gasteiger charge is -2.12. The number of thiocarbonyl (C=S) groups is 1. The SMILES string of the molecule is CCCOc1ccc(C(=O)NC(=S)Nc2cc(Cl)ccc2Cl)cc1Br. The van der Waals surface area contributed by atoms with Crippen molar-refractivity contribution in [2.24, 2.45) is 0 Å². The first-order valence-corrected chi connectivity index (χ1v) is 9.36. The minimum absolute atomic E-state index is 0.122. The van der Waals surface area contributed by atoms with E-state index in [1.54, 1.807) is 36.4 Å². The molecule has 0 unspecified atom stereocenters. The Morgan fingerprint density at radius 3 is 2.68 bits per heavy atom. The number of halogens is 3. The van der Waals surface area contributed by atoms with Crippen molar-refractivity contribution in [1.29, 1.82) is 0 Å². The smallest absolute Gasteiger partial charge is 0.257 e. The Balaban J connectivity index is 2.02. The zero-order chi connectivity index (χ0) is 18.4. The number of anilines is 1. The molecule has 8 heteroatoms. The molecule has 2 N–H and O–H groups in total. The second-order valence-corrected chi connectivity index (χ2v) is 7.13. The molecule has 0 heterocycles. The van der Waals surface area contributed by atoms with Gasteiger partial charge in [0.1, 0.15) is 5.75 Å². The summed E-state index contributed by atoms with van der Waals surface area (Å²) in [6.45, 7) is 2.63. The van der Waals surface area contributed by atoms with E-state index in [0.717, 1.165) is 6.42 Å². The van der Waals surface area contributed by atoms with Crippen LogP contribution in [0.2, 0.25) is 10.0 Å². The predicted octanol–water partition coefficient (Wildman–Crippen LogP) is 5.67. The summed E-state index contributed by atoms with van der Waals surface area (Å²) in [5.74, 6) is 0.336. The molecule has 1 amide bonds. The number of rotatable bonds is 5. The van der Waals surface area contributed by atoms with Crippen LogP contribution in [0.15, 0.2) is 40.9 Å². The molecule has 0 bridgehead atoms. The van der Waals surface area contributed by atoms with Crippen molar-refractivity contribution in [3.63, 3.8) is 0 Å². The first-order valence-electron chi connectivity index (χ1n) is 7.40. The van der Waals surface area contributed by atoms with Gasteiger partial charge in [0.25, 0.3) is 5.91 Å². The minimum atomic E-state index is -0.349. The van der Waals surface area contributed by atoms with E-state index in [4.69, 9.17) is 40.2 Å². The van der Waals surface area contributed by atoms with Gasteiger partial charge >= 0.3 is 0 Å². The van der Waals surface area contributed by atoms with Crippen LogP contribution >= 0.6 is 51.3 Å². The number of carbonyl (C=O) groups excluding carboxylic acids is 1. The molecule has 0 fully saturated rings. The van der Waals surface area contributed by atoms with E-state index < -0.39 is 0 Å². The van der Waals surface area contributed by atoms with Crippen LogP contribution in [0.1, 0.15) is 23.7 Å². The molecule has 132 valence electrons. The Morgan fingerprint density at radius 1 is 1.24 bits per heavy atom. The van der Waals surface area contributed by atoms with Gasteiger partial charge in [0.15, 0.2) is 5.11 Å². The van der Waals surface area contributed by atoms with E-state index in [-0.39, 0.29) is 11.0 Å². The largest absolute Gasteiger partial charge is 0.492 e. The number of amides is 1. The third-order valence-corrected chi connectivity index (χ3v) is 4.45. The topological polar surface area (TPSA) is 50.4 Å². The minimum Gasteiger partial charge on any atom is -0.492 e. The number of carbonyl (C=O) groups is 1. The van der Waals surface area contributed by atoms with Crippen molar-refractivity contribution in [1.82, 2.24) is 5.32 Å². The van der Waals surface area contributed by atoms with Crippen molar-refractivity contribution >= 4 is 68.1 Å². The van der Waals surface area contributed by atoms with Gasteiger partial charge in [-0.2, -0.15) is 0 Å². The summed E-state index contributed by atoms with van der Waals surface area (Å²) < 4.78 is 6.26. The Labute approximate surface area is 170 Å². The number of benzene rings is 2. The summed E-state index contributed by atoms with van der Waals surface area (Å²) in [6.07, 6.45) is 0.903. The molecule has 2 aromatic rings. The number of hydrogen-bond donors (Lipinski definition) is 2. The van der Waals surface area contributed by atoms with Crippen LogP contribution in [0, 0.1) is 0 Å². The average Bonchev–Trinajstić information content (AvgIpc) is 2.57. The van der Waals surface area contributed by atoms with Crippen molar-refractivity contribution in [3.05, 3.63) is 56.5 Å². The highest BCUT2D eigenvalue weighted by Gasteiger charge is 2.12. The summed E-state index contributed by atoms with van der Waals surface area (Å²) in [5.41, 5.74) is 0.959. The fourth-order valence-electron chi connectivity index (χ4n) is 1.89. The molecule has 0 saturated carbocycles. The highest BCUT2D eigenvalue weighted by Crippen LogP contribution is 2.27. The third-order valence-electron chi connectivity index (χ3n) is 3.06.